The van der Waals surface area contributed by atoms with Gasteiger partial charge in [0.2, 0.25) is 0 Å². The summed E-state index contributed by atoms with van der Waals surface area (Å²) in [6.07, 6.45) is 2.52. The number of methoxy groups -OCH3 is 1. The number of phenolic OH excluding ortho intramolecular Hbond substituents is 1. The first-order valence-electron chi connectivity index (χ1n) is 7.52. The highest BCUT2D eigenvalue weighted by molar-refractivity contribution is 5.41. The minimum absolute atomic E-state index is 0.229. The lowest BCUT2D eigenvalue weighted by Gasteiger charge is -2.32. The second-order valence-corrected chi connectivity index (χ2v) is 5.53. The predicted molar refractivity (Wildman–Crippen MR) is 81.2 cm³/mol. The van der Waals surface area contributed by atoms with Gasteiger partial charge in [-0.05, 0) is 62.6 Å². The molecule has 1 aromatic rings. The van der Waals surface area contributed by atoms with Gasteiger partial charge in [-0.25, -0.2) is 0 Å². The molecule has 1 saturated heterocycles. The maximum absolute atomic E-state index is 9.81. The molecule has 1 fully saturated rings. The first-order valence-corrected chi connectivity index (χ1v) is 7.52. The van der Waals surface area contributed by atoms with E-state index in [0.29, 0.717) is 5.75 Å². The Hall–Kier alpha value is -1.26. The van der Waals surface area contributed by atoms with Gasteiger partial charge in [-0.2, -0.15) is 0 Å². The third kappa shape index (κ3) is 4.12. The van der Waals surface area contributed by atoms with Gasteiger partial charge >= 0.3 is 0 Å². The monoisotopic (exact) mass is 278 g/mol. The topological polar surface area (TPSA) is 44.7 Å². The van der Waals surface area contributed by atoms with Crippen LogP contribution >= 0.6 is 0 Å². The SMILES string of the molecule is CCNCC1CCN(Cc2ccc(OC)c(O)c2)CC1. The van der Waals surface area contributed by atoms with E-state index in [0.717, 1.165) is 44.2 Å². The van der Waals surface area contributed by atoms with Crippen molar-refractivity contribution < 1.29 is 9.84 Å². The van der Waals surface area contributed by atoms with Crippen molar-refractivity contribution in [2.45, 2.75) is 26.3 Å². The van der Waals surface area contributed by atoms with Crippen LogP contribution in [-0.4, -0.2) is 43.3 Å². The lowest BCUT2D eigenvalue weighted by molar-refractivity contribution is 0.175. The van der Waals surface area contributed by atoms with Crippen LogP contribution in [-0.2, 0) is 6.54 Å². The third-order valence-electron chi connectivity index (χ3n) is 4.04. The molecule has 1 aliphatic heterocycles. The Kier molecular flexibility index (Phi) is 5.68. The number of rotatable bonds is 6. The van der Waals surface area contributed by atoms with Gasteiger partial charge in [0.15, 0.2) is 11.5 Å². The average molecular weight is 278 g/mol. The number of hydrogen-bond acceptors (Lipinski definition) is 4. The average Bonchev–Trinajstić information content (AvgIpc) is 2.47. The molecule has 1 aliphatic rings. The number of nitrogens with zero attached hydrogens (tertiary/aromatic N) is 1. The van der Waals surface area contributed by atoms with E-state index in [1.54, 1.807) is 7.11 Å². The third-order valence-corrected chi connectivity index (χ3v) is 4.04. The number of likely N-dealkylation sites (tertiary alicyclic amines) is 1. The lowest BCUT2D eigenvalue weighted by Crippen LogP contribution is -2.36. The number of hydrogen-bond donors (Lipinski definition) is 2. The molecular formula is C16H26N2O2. The van der Waals surface area contributed by atoms with Crippen molar-refractivity contribution in [2.75, 3.05) is 33.3 Å². The molecule has 1 aromatic carbocycles. The van der Waals surface area contributed by atoms with E-state index in [1.807, 2.05) is 18.2 Å². The predicted octanol–water partition coefficient (Wildman–Crippen LogP) is 2.22. The second kappa shape index (κ2) is 7.50. The molecule has 0 amide bonds. The van der Waals surface area contributed by atoms with Crippen LogP contribution in [0.5, 0.6) is 11.5 Å². The zero-order chi connectivity index (χ0) is 14.4. The zero-order valence-electron chi connectivity index (χ0n) is 12.6. The van der Waals surface area contributed by atoms with Crippen LogP contribution in [0.2, 0.25) is 0 Å². The molecule has 112 valence electrons. The van der Waals surface area contributed by atoms with Crippen molar-refractivity contribution in [3.63, 3.8) is 0 Å². The quantitative estimate of drug-likeness (QED) is 0.837. The van der Waals surface area contributed by atoms with Crippen molar-refractivity contribution >= 4 is 0 Å². The number of nitrogens with one attached hydrogen (secondary N) is 1. The summed E-state index contributed by atoms with van der Waals surface area (Å²) in [5.74, 6) is 1.58. The minimum atomic E-state index is 0.229. The Morgan fingerprint density at radius 2 is 2.10 bits per heavy atom. The fourth-order valence-electron chi connectivity index (χ4n) is 2.79. The molecule has 4 heteroatoms. The largest absolute Gasteiger partial charge is 0.504 e. The van der Waals surface area contributed by atoms with E-state index >= 15 is 0 Å². The van der Waals surface area contributed by atoms with E-state index in [1.165, 1.54) is 12.8 Å². The molecular weight excluding hydrogens is 252 g/mol. The molecule has 0 bridgehead atoms. The molecule has 0 saturated carbocycles. The highest BCUT2D eigenvalue weighted by atomic mass is 16.5. The Morgan fingerprint density at radius 3 is 2.70 bits per heavy atom. The van der Waals surface area contributed by atoms with Gasteiger partial charge in [0, 0.05) is 6.54 Å². The van der Waals surface area contributed by atoms with Crippen molar-refractivity contribution in [2.24, 2.45) is 5.92 Å². The molecule has 0 unspecified atom stereocenters. The molecule has 0 aliphatic carbocycles. The number of phenols is 1. The van der Waals surface area contributed by atoms with Crippen molar-refractivity contribution in [1.29, 1.82) is 0 Å². The highest BCUT2D eigenvalue weighted by Gasteiger charge is 2.19. The van der Waals surface area contributed by atoms with Gasteiger partial charge in [0.1, 0.15) is 0 Å². The van der Waals surface area contributed by atoms with E-state index in [4.69, 9.17) is 4.74 Å². The number of piperidine rings is 1. The molecule has 0 aromatic heterocycles. The zero-order valence-corrected chi connectivity index (χ0v) is 12.6. The molecule has 1 heterocycles. The van der Waals surface area contributed by atoms with Crippen molar-refractivity contribution in [3.05, 3.63) is 23.8 Å². The van der Waals surface area contributed by atoms with Gasteiger partial charge in [0.25, 0.3) is 0 Å². The van der Waals surface area contributed by atoms with Gasteiger partial charge in [-0.15, -0.1) is 0 Å². The number of benzene rings is 1. The smallest absolute Gasteiger partial charge is 0.160 e. The Balaban J connectivity index is 1.82. The molecule has 2 N–H and O–H groups in total. The molecule has 0 radical (unpaired) electrons. The number of ether oxygens (including phenoxy) is 1. The molecule has 4 nitrogen and oxygen atoms in total. The van der Waals surface area contributed by atoms with Crippen LogP contribution in [0.25, 0.3) is 0 Å². The van der Waals surface area contributed by atoms with E-state index in [-0.39, 0.29) is 5.75 Å². The van der Waals surface area contributed by atoms with Gasteiger partial charge in [0.05, 0.1) is 7.11 Å². The van der Waals surface area contributed by atoms with Crippen LogP contribution in [0.4, 0.5) is 0 Å². The van der Waals surface area contributed by atoms with Crippen molar-refractivity contribution in [3.8, 4) is 11.5 Å². The van der Waals surface area contributed by atoms with Crippen LogP contribution in [0.1, 0.15) is 25.3 Å². The van der Waals surface area contributed by atoms with Crippen LogP contribution in [0.15, 0.2) is 18.2 Å². The first-order chi connectivity index (χ1) is 9.72. The van der Waals surface area contributed by atoms with Crippen LogP contribution in [0, 0.1) is 5.92 Å². The fourth-order valence-corrected chi connectivity index (χ4v) is 2.79. The summed E-state index contributed by atoms with van der Waals surface area (Å²) in [4.78, 5) is 2.46. The maximum Gasteiger partial charge on any atom is 0.160 e. The Morgan fingerprint density at radius 1 is 1.35 bits per heavy atom. The summed E-state index contributed by atoms with van der Waals surface area (Å²) in [7, 11) is 1.57. The van der Waals surface area contributed by atoms with Gasteiger partial charge in [-0.3, -0.25) is 4.90 Å². The van der Waals surface area contributed by atoms with E-state index < -0.39 is 0 Å². The summed E-state index contributed by atoms with van der Waals surface area (Å²) in [6.45, 7) is 7.56. The summed E-state index contributed by atoms with van der Waals surface area (Å²) in [5, 5.41) is 13.2. The maximum atomic E-state index is 9.81. The van der Waals surface area contributed by atoms with Gasteiger partial charge < -0.3 is 15.2 Å². The molecule has 0 atom stereocenters. The molecule has 20 heavy (non-hydrogen) atoms. The second-order valence-electron chi connectivity index (χ2n) is 5.53. The molecule has 2 rings (SSSR count). The van der Waals surface area contributed by atoms with Crippen LogP contribution in [0.3, 0.4) is 0 Å². The summed E-state index contributed by atoms with van der Waals surface area (Å²) >= 11 is 0. The normalized spacial score (nSPS) is 17.3. The standard InChI is InChI=1S/C16H26N2O2/c1-3-17-11-13-6-8-18(9-7-13)12-14-4-5-16(20-2)15(19)10-14/h4-5,10,13,17,19H,3,6-9,11-12H2,1-2H3. The van der Waals surface area contributed by atoms with Crippen molar-refractivity contribution in [1.82, 2.24) is 10.2 Å². The first kappa shape index (κ1) is 15.1. The van der Waals surface area contributed by atoms with E-state index in [2.05, 4.69) is 17.1 Å². The minimum Gasteiger partial charge on any atom is -0.504 e. The Bertz CT molecular complexity index is 415. The van der Waals surface area contributed by atoms with Gasteiger partial charge in [-0.1, -0.05) is 13.0 Å². The Labute approximate surface area is 121 Å². The molecule has 0 spiro atoms. The summed E-state index contributed by atoms with van der Waals surface area (Å²) < 4.78 is 5.07. The number of aromatic hydroxyl groups is 1. The summed E-state index contributed by atoms with van der Waals surface area (Å²) in [5.41, 5.74) is 1.15. The highest BCUT2D eigenvalue weighted by Crippen LogP contribution is 2.27. The van der Waals surface area contributed by atoms with E-state index in [9.17, 15) is 5.11 Å². The van der Waals surface area contributed by atoms with Crippen LogP contribution < -0.4 is 10.1 Å². The summed E-state index contributed by atoms with van der Waals surface area (Å²) in [6, 6.07) is 5.68. The fraction of sp³-hybridized carbons (Fsp3) is 0.625. The lowest BCUT2D eigenvalue weighted by atomic mass is 9.96.